The van der Waals surface area contributed by atoms with Gasteiger partial charge in [0, 0.05) is 6.54 Å². The second kappa shape index (κ2) is 4.76. The molecule has 0 amide bonds. The number of ether oxygens (including phenoxy) is 2. The average molecular weight is 274 g/mol. The van der Waals surface area contributed by atoms with Gasteiger partial charge in [0.15, 0.2) is 0 Å². The van der Waals surface area contributed by atoms with Gasteiger partial charge in [-0.25, -0.2) is 4.98 Å². The molecule has 0 atom stereocenters. The fourth-order valence-electron chi connectivity index (χ4n) is 1.12. The number of hydrogen-bond acceptors (Lipinski definition) is 5. The van der Waals surface area contributed by atoms with Crippen LogP contribution < -0.4 is 10.1 Å². The van der Waals surface area contributed by atoms with Crippen molar-refractivity contribution in [3.63, 3.8) is 0 Å². The molecule has 0 unspecified atom stereocenters. The summed E-state index contributed by atoms with van der Waals surface area (Å²) < 4.78 is 11.4. The molecular formula is C9H12BrN3O2. The second-order valence-electron chi connectivity index (χ2n) is 3.15. The minimum Gasteiger partial charge on any atom is -0.468 e. The van der Waals surface area contributed by atoms with Crippen molar-refractivity contribution >= 4 is 21.9 Å². The first-order chi connectivity index (χ1) is 7.29. The minimum atomic E-state index is 0.116. The molecule has 1 fully saturated rings. The Morgan fingerprint density at radius 2 is 2.47 bits per heavy atom. The summed E-state index contributed by atoms with van der Waals surface area (Å²) in [6.07, 6.45) is 1.80. The lowest BCUT2D eigenvalue weighted by Gasteiger charge is -2.26. The van der Waals surface area contributed by atoms with E-state index >= 15 is 0 Å². The van der Waals surface area contributed by atoms with E-state index in [0.29, 0.717) is 25.0 Å². The molecule has 82 valence electrons. The molecule has 0 aliphatic carbocycles. The molecule has 15 heavy (non-hydrogen) atoms. The first-order valence-electron chi connectivity index (χ1n) is 4.80. The molecule has 1 aromatic rings. The van der Waals surface area contributed by atoms with Gasteiger partial charge in [-0.15, -0.1) is 0 Å². The molecule has 0 spiro atoms. The quantitative estimate of drug-likeness (QED) is 0.900. The number of anilines is 1. The molecule has 0 radical (unpaired) electrons. The molecule has 1 aromatic heterocycles. The van der Waals surface area contributed by atoms with Gasteiger partial charge < -0.3 is 14.8 Å². The monoisotopic (exact) mass is 273 g/mol. The molecule has 0 saturated carbocycles. The normalized spacial score (nSPS) is 15.9. The minimum absolute atomic E-state index is 0.116. The van der Waals surface area contributed by atoms with Crippen molar-refractivity contribution in [3.8, 4) is 5.88 Å². The van der Waals surface area contributed by atoms with E-state index in [1.165, 1.54) is 0 Å². The molecule has 1 N–H and O–H groups in total. The lowest BCUT2D eigenvalue weighted by Crippen LogP contribution is -2.38. The van der Waals surface area contributed by atoms with E-state index in [1.54, 1.807) is 6.20 Å². The third-order valence-electron chi connectivity index (χ3n) is 1.93. The van der Waals surface area contributed by atoms with Crippen LogP contribution in [0.25, 0.3) is 0 Å². The van der Waals surface area contributed by atoms with E-state index < -0.39 is 0 Å². The van der Waals surface area contributed by atoms with Gasteiger partial charge in [-0.2, -0.15) is 4.98 Å². The summed E-state index contributed by atoms with van der Waals surface area (Å²) >= 11 is 3.34. The fourth-order valence-corrected chi connectivity index (χ4v) is 1.40. The highest BCUT2D eigenvalue weighted by Crippen LogP contribution is 2.24. The number of halogens is 1. The van der Waals surface area contributed by atoms with E-state index in [1.807, 2.05) is 6.92 Å². The molecule has 2 rings (SSSR count). The van der Waals surface area contributed by atoms with Gasteiger partial charge in [-0.05, 0) is 22.9 Å². The highest BCUT2D eigenvalue weighted by molar-refractivity contribution is 9.10. The van der Waals surface area contributed by atoms with Gasteiger partial charge in [0.25, 0.3) is 0 Å². The van der Waals surface area contributed by atoms with E-state index in [9.17, 15) is 0 Å². The number of rotatable bonds is 4. The molecule has 1 saturated heterocycles. The number of nitrogens with one attached hydrogen (secondary N) is 1. The zero-order valence-electron chi connectivity index (χ0n) is 8.36. The predicted octanol–water partition coefficient (Wildman–Crippen LogP) is 1.45. The third-order valence-corrected chi connectivity index (χ3v) is 2.48. The Morgan fingerprint density at radius 3 is 3.07 bits per heavy atom. The Kier molecular flexibility index (Phi) is 3.37. The summed E-state index contributed by atoms with van der Waals surface area (Å²) in [4.78, 5) is 8.34. The summed E-state index contributed by atoms with van der Waals surface area (Å²) in [6, 6.07) is 0. The maximum atomic E-state index is 5.61. The Bertz CT molecular complexity index is 344. The summed E-state index contributed by atoms with van der Waals surface area (Å²) in [6.45, 7) is 4.04. The highest BCUT2D eigenvalue weighted by Gasteiger charge is 2.22. The molecule has 5 nitrogen and oxygen atoms in total. The Hall–Kier alpha value is -0.880. The third kappa shape index (κ3) is 2.57. The maximum Gasteiger partial charge on any atom is 0.233 e. The summed E-state index contributed by atoms with van der Waals surface area (Å²) in [5, 5.41) is 3.03. The van der Waals surface area contributed by atoms with Crippen LogP contribution in [0.4, 0.5) is 5.95 Å². The largest absolute Gasteiger partial charge is 0.468 e. The van der Waals surface area contributed by atoms with Crippen molar-refractivity contribution < 1.29 is 9.47 Å². The first kappa shape index (κ1) is 10.6. The molecule has 0 aromatic carbocycles. The summed E-state index contributed by atoms with van der Waals surface area (Å²) in [5.41, 5.74) is 0. The van der Waals surface area contributed by atoms with Gasteiger partial charge >= 0.3 is 0 Å². The summed E-state index contributed by atoms with van der Waals surface area (Å²) in [7, 11) is 0. The standard InChI is InChI=1S/C9H12BrN3O2/c1-2-11-9-12-3-7(10)8(13-9)15-6-4-14-5-6/h3,6H,2,4-5H2,1H3,(H,11,12,13). The predicted molar refractivity (Wildman–Crippen MR) is 59.1 cm³/mol. The van der Waals surface area contributed by atoms with E-state index in [-0.39, 0.29) is 6.10 Å². The van der Waals surface area contributed by atoms with Crippen molar-refractivity contribution in [2.45, 2.75) is 13.0 Å². The van der Waals surface area contributed by atoms with E-state index in [2.05, 4.69) is 31.2 Å². The number of aromatic nitrogens is 2. The van der Waals surface area contributed by atoms with Crippen molar-refractivity contribution in [3.05, 3.63) is 10.7 Å². The Morgan fingerprint density at radius 1 is 1.67 bits per heavy atom. The molecule has 2 heterocycles. The van der Waals surface area contributed by atoms with Gasteiger partial charge in [-0.3, -0.25) is 0 Å². The zero-order valence-corrected chi connectivity index (χ0v) is 9.95. The Balaban J connectivity index is 2.08. The van der Waals surface area contributed by atoms with Crippen LogP contribution in [0.2, 0.25) is 0 Å². The van der Waals surface area contributed by atoms with Crippen molar-refractivity contribution in [2.75, 3.05) is 25.1 Å². The fraction of sp³-hybridized carbons (Fsp3) is 0.556. The van der Waals surface area contributed by atoms with Crippen molar-refractivity contribution in [1.29, 1.82) is 0 Å². The molecule has 1 aliphatic heterocycles. The first-order valence-corrected chi connectivity index (χ1v) is 5.59. The number of hydrogen-bond donors (Lipinski definition) is 1. The van der Waals surface area contributed by atoms with Gasteiger partial charge in [0.05, 0.1) is 23.9 Å². The molecule has 6 heteroatoms. The van der Waals surface area contributed by atoms with Crippen LogP contribution in [-0.4, -0.2) is 35.8 Å². The van der Waals surface area contributed by atoms with Crippen molar-refractivity contribution in [1.82, 2.24) is 9.97 Å². The van der Waals surface area contributed by atoms with Crippen LogP contribution in [-0.2, 0) is 4.74 Å². The van der Waals surface area contributed by atoms with Gasteiger partial charge in [-0.1, -0.05) is 0 Å². The summed E-state index contributed by atoms with van der Waals surface area (Å²) in [5.74, 6) is 1.14. The van der Waals surface area contributed by atoms with Crippen molar-refractivity contribution in [2.24, 2.45) is 0 Å². The van der Waals surface area contributed by atoms with E-state index in [4.69, 9.17) is 9.47 Å². The SMILES string of the molecule is CCNc1ncc(Br)c(OC2COC2)n1. The van der Waals surface area contributed by atoms with Crippen LogP contribution in [0.3, 0.4) is 0 Å². The van der Waals surface area contributed by atoms with Gasteiger partial charge in [0.1, 0.15) is 6.10 Å². The zero-order chi connectivity index (χ0) is 10.7. The topological polar surface area (TPSA) is 56.3 Å². The van der Waals surface area contributed by atoms with Crippen LogP contribution in [0.15, 0.2) is 10.7 Å². The second-order valence-corrected chi connectivity index (χ2v) is 4.01. The molecule has 0 bridgehead atoms. The smallest absolute Gasteiger partial charge is 0.233 e. The highest BCUT2D eigenvalue weighted by atomic mass is 79.9. The molecular weight excluding hydrogens is 262 g/mol. The lowest BCUT2D eigenvalue weighted by atomic mass is 10.3. The average Bonchev–Trinajstić information content (AvgIpc) is 2.16. The lowest BCUT2D eigenvalue weighted by molar-refractivity contribution is -0.0816. The number of nitrogens with zero attached hydrogens (tertiary/aromatic N) is 2. The molecule has 1 aliphatic rings. The Labute approximate surface area is 96.3 Å². The van der Waals surface area contributed by atoms with Crippen LogP contribution in [0.1, 0.15) is 6.92 Å². The van der Waals surface area contributed by atoms with Gasteiger partial charge in [0.2, 0.25) is 11.8 Å². The van der Waals surface area contributed by atoms with Crippen LogP contribution in [0.5, 0.6) is 5.88 Å². The van der Waals surface area contributed by atoms with Crippen LogP contribution >= 0.6 is 15.9 Å². The van der Waals surface area contributed by atoms with E-state index in [0.717, 1.165) is 11.0 Å². The van der Waals surface area contributed by atoms with Crippen LogP contribution in [0, 0.1) is 0 Å². The maximum absolute atomic E-state index is 5.61.